The molecule has 0 saturated heterocycles. The smallest absolute Gasteiger partial charge is 0.120 e. The minimum atomic E-state index is 0.450. The van der Waals surface area contributed by atoms with Gasteiger partial charge in [-0.3, -0.25) is 0 Å². The Morgan fingerprint density at radius 1 is 1.14 bits per heavy atom. The Bertz CT molecular complexity index is 316. The molecule has 0 aromatic heterocycles. The second-order valence-electron chi connectivity index (χ2n) is 4.04. The van der Waals surface area contributed by atoms with Crippen LogP contribution in [-0.4, -0.2) is 5.11 Å². The van der Waals surface area contributed by atoms with Crippen molar-refractivity contribution < 1.29 is 5.11 Å². The Morgan fingerprint density at radius 3 is 2.50 bits per heavy atom. The molecule has 1 aromatic carbocycles. The second-order valence-corrected chi connectivity index (χ2v) is 4.95. The largest absolute Gasteiger partial charge is 0.508 e. The highest BCUT2D eigenvalue weighted by molar-refractivity contribution is 9.10. The SMILES string of the molecule is Oc1cc(Br)ccc1C1CCCCC1. The van der Waals surface area contributed by atoms with Crippen molar-refractivity contribution in [1.82, 2.24) is 0 Å². The molecule has 1 fully saturated rings. The molecule has 0 unspecified atom stereocenters. The third-order valence-electron chi connectivity index (χ3n) is 3.04. The summed E-state index contributed by atoms with van der Waals surface area (Å²) >= 11 is 3.36. The standard InChI is InChI=1S/C12H15BrO/c13-10-6-7-11(12(14)8-10)9-4-2-1-3-5-9/h6-9,14H,1-5H2. The maximum absolute atomic E-state index is 9.81. The maximum atomic E-state index is 9.81. The third kappa shape index (κ3) is 2.11. The fourth-order valence-corrected chi connectivity index (χ4v) is 2.62. The molecule has 0 radical (unpaired) electrons. The van der Waals surface area contributed by atoms with Crippen LogP contribution in [0.15, 0.2) is 22.7 Å². The molecule has 76 valence electrons. The van der Waals surface area contributed by atoms with E-state index in [-0.39, 0.29) is 0 Å². The summed E-state index contributed by atoms with van der Waals surface area (Å²) in [5, 5.41) is 9.81. The minimum absolute atomic E-state index is 0.450. The van der Waals surface area contributed by atoms with Gasteiger partial charge in [-0.1, -0.05) is 41.3 Å². The second kappa shape index (κ2) is 4.35. The van der Waals surface area contributed by atoms with Crippen molar-refractivity contribution in [2.45, 2.75) is 38.0 Å². The lowest BCUT2D eigenvalue weighted by molar-refractivity contribution is 0.414. The molecular weight excluding hydrogens is 240 g/mol. The van der Waals surface area contributed by atoms with Gasteiger partial charge in [0.2, 0.25) is 0 Å². The molecule has 0 spiro atoms. The van der Waals surface area contributed by atoms with E-state index in [2.05, 4.69) is 22.0 Å². The Balaban J connectivity index is 2.22. The number of hydrogen-bond donors (Lipinski definition) is 1. The van der Waals surface area contributed by atoms with Gasteiger partial charge >= 0.3 is 0 Å². The van der Waals surface area contributed by atoms with Gasteiger partial charge in [0, 0.05) is 4.47 Å². The molecular formula is C12H15BrO. The number of halogens is 1. The van der Waals surface area contributed by atoms with Crippen LogP contribution in [0.4, 0.5) is 0 Å². The Kier molecular flexibility index (Phi) is 3.12. The summed E-state index contributed by atoms with van der Waals surface area (Å²) in [7, 11) is 0. The van der Waals surface area contributed by atoms with E-state index in [1.165, 1.54) is 32.1 Å². The van der Waals surface area contributed by atoms with Crippen LogP contribution < -0.4 is 0 Å². The van der Waals surface area contributed by atoms with Crippen molar-refractivity contribution in [1.29, 1.82) is 0 Å². The zero-order valence-electron chi connectivity index (χ0n) is 8.17. The normalized spacial score (nSPS) is 18.4. The molecule has 0 heterocycles. The Morgan fingerprint density at radius 2 is 1.86 bits per heavy atom. The van der Waals surface area contributed by atoms with Crippen molar-refractivity contribution >= 4 is 15.9 Å². The molecule has 14 heavy (non-hydrogen) atoms. The Hall–Kier alpha value is -0.500. The van der Waals surface area contributed by atoms with Crippen LogP contribution in [0.5, 0.6) is 5.75 Å². The van der Waals surface area contributed by atoms with E-state index in [4.69, 9.17) is 0 Å². The number of phenols is 1. The lowest BCUT2D eigenvalue weighted by Gasteiger charge is -2.22. The molecule has 1 aliphatic carbocycles. The molecule has 2 heteroatoms. The highest BCUT2D eigenvalue weighted by Gasteiger charge is 2.18. The molecule has 0 amide bonds. The molecule has 1 saturated carbocycles. The quantitative estimate of drug-likeness (QED) is 0.797. The van der Waals surface area contributed by atoms with E-state index in [0.717, 1.165) is 10.0 Å². The molecule has 1 aliphatic rings. The number of phenolic OH excluding ortho intramolecular Hbond substituents is 1. The summed E-state index contributed by atoms with van der Waals surface area (Å²) in [5.41, 5.74) is 1.13. The van der Waals surface area contributed by atoms with Gasteiger partial charge in [0.25, 0.3) is 0 Å². The van der Waals surface area contributed by atoms with Gasteiger partial charge in [0.05, 0.1) is 0 Å². The summed E-state index contributed by atoms with van der Waals surface area (Å²) < 4.78 is 0.953. The van der Waals surface area contributed by atoms with E-state index in [9.17, 15) is 5.11 Å². The first kappa shape index (κ1) is 10.0. The zero-order valence-corrected chi connectivity index (χ0v) is 9.76. The third-order valence-corrected chi connectivity index (χ3v) is 3.53. The predicted molar refractivity (Wildman–Crippen MR) is 61.6 cm³/mol. The van der Waals surface area contributed by atoms with Crippen molar-refractivity contribution in [2.75, 3.05) is 0 Å². The first-order valence-electron chi connectivity index (χ1n) is 5.26. The lowest BCUT2D eigenvalue weighted by atomic mass is 9.84. The monoisotopic (exact) mass is 254 g/mol. The predicted octanol–water partition coefficient (Wildman–Crippen LogP) is 4.20. The summed E-state index contributed by atoms with van der Waals surface area (Å²) in [5.74, 6) is 1.03. The maximum Gasteiger partial charge on any atom is 0.120 e. The number of aromatic hydroxyl groups is 1. The first-order chi connectivity index (χ1) is 6.77. The van der Waals surface area contributed by atoms with E-state index in [1.54, 1.807) is 6.07 Å². The van der Waals surface area contributed by atoms with Gasteiger partial charge in [-0.2, -0.15) is 0 Å². The van der Waals surface area contributed by atoms with Gasteiger partial charge in [-0.15, -0.1) is 0 Å². The van der Waals surface area contributed by atoms with E-state index in [1.807, 2.05) is 6.07 Å². The van der Waals surface area contributed by atoms with E-state index >= 15 is 0 Å². The highest BCUT2D eigenvalue weighted by atomic mass is 79.9. The van der Waals surface area contributed by atoms with E-state index < -0.39 is 0 Å². The van der Waals surface area contributed by atoms with Crippen molar-refractivity contribution in [3.05, 3.63) is 28.2 Å². The molecule has 1 aromatic rings. The molecule has 0 bridgehead atoms. The summed E-state index contributed by atoms with van der Waals surface area (Å²) in [6, 6.07) is 5.86. The lowest BCUT2D eigenvalue weighted by Crippen LogP contribution is -2.04. The number of hydrogen-bond acceptors (Lipinski definition) is 1. The van der Waals surface area contributed by atoms with Crippen LogP contribution in [0, 0.1) is 0 Å². The van der Waals surface area contributed by atoms with Crippen molar-refractivity contribution in [3.8, 4) is 5.75 Å². The van der Waals surface area contributed by atoms with Crippen LogP contribution in [0.25, 0.3) is 0 Å². The fraction of sp³-hybridized carbons (Fsp3) is 0.500. The molecule has 0 atom stereocenters. The molecule has 0 aliphatic heterocycles. The topological polar surface area (TPSA) is 20.2 Å². The first-order valence-corrected chi connectivity index (χ1v) is 6.05. The Labute approximate surface area is 93.3 Å². The van der Waals surface area contributed by atoms with Gasteiger partial charge in [0.1, 0.15) is 5.75 Å². The summed E-state index contributed by atoms with van der Waals surface area (Å²) in [4.78, 5) is 0. The van der Waals surface area contributed by atoms with E-state index in [0.29, 0.717) is 11.7 Å². The van der Waals surface area contributed by atoms with Crippen molar-refractivity contribution in [2.24, 2.45) is 0 Å². The van der Waals surface area contributed by atoms with Gasteiger partial charge in [-0.05, 0) is 36.5 Å². The van der Waals surface area contributed by atoms with Crippen molar-refractivity contribution in [3.63, 3.8) is 0 Å². The average molecular weight is 255 g/mol. The van der Waals surface area contributed by atoms with Crippen LogP contribution >= 0.6 is 15.9 Å². The summed E-state index contributed by atoms with van der Waals surface area (Å²) in [6.07, 6.45) is 6.43. The van der Waals surface area contributed by atoms with Gasteiger partial charge in [0.15, 0.2) is 0 Å². The van der Waals surface area contributed by atoms with Crippen LogP contribution in [0.1, 0.15) is 43.6 Å². The minimum Gasteiger partial charge on any atom is -0.508 e. The fourth-order valence-electron chi connectivity index (χ4n) is 2.28. The molecule has 1 N–H and O–H groups in total. The number of benzene rings is 1. The summed E-state index contributed by atoms with van der Waals surface area (Å²) in [6.45, 7) is 0. The van der Waals surface area contributed by atoms with Crippen LogP contribution in [0.3, 0.4) is 0 Å². The zero-order chi connectivity index (χ0) is 9.97. The van der Waals surface area contributed by atoms with Crippen LogP contribution in [-0.2, 0) is 0 Å². The van der Waals surface area contributed by atoms with Crippen LogP contribution in [0.2, 0.25) is 0 Å². The van der Waals surface area contributed by atoms with Gasteiger partial charge in [-0.25, -0.2) is 0 Å². The average Bonchev–Trinajstić information content (AvgIpc) is 2.19. The molecule has 1 nitrogen and oxygen atoms in total. The highest BCUT2D eigenvalue weighted by Crippen LogP contribution is 2.37. The molecule has 2 rings (SSSR count). The number of rotatable bonds is 1. The van der Waals surface area contributed by atoms with Gasteiger partial charge < -0.3 is 5.11 Å².